The standard InChI is InChI=1S/C18H16N4O5/c1-26-15-7-8-17(27-2)16(9-15)20-11-12(10-19)18(23)21-13-3-5-14(6-4-13)22(24)25/h3-9,11,20H,1-2H3,(H,21,23)/b12-11-. The molecule has 0 spiro atoms. The van der Waals surface area contributed by atoms with Gasteiger partial charge < -0.3 is 20.1 Å². The number of nitrogens with one attached hydrogen (secondary N) is 2. The molecule has 0 heterocycles. The lowest BCUT2D eigenvalue weighted by Gasteiger charge is -2.10. The average molecular weight is 368 g/mol. The highest BCUT2D eigenvalue weighted by Gasteiger charge is 2.12. The normalized spacial score (nSPS) is 10.5. The Morgan fingerprint density at radius 3 is 2.44 bits per heavy atom. The first-order valence-electron chi connectivity index (χ1n) is 7.63. The van der Waals surface area contributed by atoms with E-state index in [0.29, 0.717) is 22.9 Å². The molecule has 0 bridgehead atoms. The molecular formula is C18H16N4O5. The van der Waals surface area contributed by atoms with Gasteiger partial charge in [-0.15, -0.1) is 0 Å². The van der Waals surface area contributed by atoms with Crippen molar-refractivity contribution in [3.63, 3.8) is 0 Å². The van der Waals surface area contributed by atoms with Crippen LogP contribution in [0.3, 0.4) is 0 Å². The Morgan fingerprint density at radius 2 is 1.89 bits per heavy atom. The molecule has 0 radical (unpaired) electrons. The van der Waals surface area contributed by atoms with Gasteiger partial charge in [-0.1, -0.05) is 0 Å². The van der Waals surface area contributed by atoms with Gasteiger partial charge >= 0.3 is 0 Å². The van der Waals surface area contributed by atoms with Crippen molar-refractivity contribution in [2.75, 3.05) is 24.9 Å². The van der Waals surface area contributed by atoms with Crippen LogP contribution in [0.15, 0.2) is 54.2 Å². The number of hydrogen-bond acceptors (Lipinski definition) is 7. The Kier molecular flexibility index (Phi) is 6.33. The van der Waals surface area contributed by atoms with E-state index in [1.165, 1.54) is 44.7 Å². The number of non-ortho nitro benzene ring substituents is 1. The van der Waals surface area contributed by atoms with E-state index in [9.17, 15) is 20.2 Å². The average Bonchev–Trinajstić information content (AvgIpc) is 2.68. The van der Waals surface area contributed by atoms with Gasteiger partial charge in [0.05, 0.1) is 24.8 Å². The summed E-state index contributed by atoms with van der Waals surface area (Å²) >= 11 is 0. The number of rotatable bonds is 7. The number of nitriles is 1. The summed E-state index contributed by atoms with van der Waals surface area (Å²) in [4.78, 5) is 22.3. The molecule has 2 rings (SSSR count). The second kappa shape index (κ2) is 8.87. The third kappa shape index (κ3) is 4.96. The van der Waals surface area contributed by atoms with E-state index >= 15 is 0 Å². The Labute approximate surface area is 155 Å². The number of nitro benzene ring substituents is 1. The van der Waals surface area contributed by atoms with Crippen molar-refractivity contribution in [2.24, 2.45) is 0 Å². The fourth-order valence-corrected chi connectivity index (χ4v) is 2.09. The van der Waals surface area contributed by atoms with E-state index in [4.69, 9.17) is 9.47 Å². The topological polar surface area (TPSA) is 127 Å². The molecule has 2 aromatic rings. The molecular weight excluding hydrogens is 352 g/mol. The summed E-state index contributed by atoms with van der Waals surface area (Å²) in [7, 11) is 3.00. The highest BCUT2D eigenvalue weighted by atomic mass is 16.6. The van der Waals surface area contributed by atoms with Gasteiger partial charge in [0.1, 0.15) is 23.1 Å². The zero-order valence-corrected chi connectivity index (χ0v) is 14.6. The van der Waals surface area contributed by atoms with E-state index in [2.05, 4.69) is 10.6 Å². The second-order valence-electron chi connectivity index (χ2n) is 5.14. The molecule has 0 aliphatic rings. The van der Waals surface area contributed by atoms with Gasteiger partial charge in [-0.05, 0) is 24.3 Å². The summed E-state index contributed by atoms with van der Waals surface area (Å²) in [5.41, 5.74) is 0.535. The number of anilines is 2. The molecule has 9 heteroatoms. The molecule has 0 aliphatic heterocycles. The lowest BCUT2D eigenvalue weighted by Crippen LogP contribution is -2.14. The largest absolute Gasteiger partial charge is 0.497 e. The molecule has 0 fully saturated rings. The molecule has 2 N–H and O–H groups in total. The zero-order valence-electron chi connectivity index (χ0n) is 14.6. The highest BCUT2D eigenvalue weighted by molar-refractivity contribution is 6.06. The minimum absolute atomic E-state index is 0.101. The molecule has 138 valence electrons. The van der Waals surface area contributed by atoms with Crippen LogP contribution < -0.4 is 20.1 Å². The van der Waals surface area contributed by atoms with Crippen molar-refractivity contribution in [2.45, 2.75) is 0 Å². The Morgan fingerprint density at radius 1 is 1.19 bits per heavy atom. The number of methoxy groups -OCH3 is 2. The third-order valence-corrected chi connectivity index (χ3v) is 3.48. The Bertz CT molecular complexity index is 916. The van der Waals surface area contributed by atoms with Crippen LogP contribution >= 0.6 is 0 Å². The molecule has 0 atom stereocenters. The molecule has 0 saturated carbocycles. The van der Waals surface area contributed by atoms with Crippen molar-refractivity contribution >= 4 is 23.0 Å². The fourth-order valence-electron chi connectivity index (χ4n) is 2.09. The van der Waals surface area contributed by atoms with Crippen LogP contribution in [0.4, 0.5) is 17.1 Å². The number of nitrogens with zero attached hydrogens (tertiary/aromatic N) is 2. The van der Waals surface area contributed by atoms with Gasteiger partial charge in [-0.3, -0.25) is 14.9 Å². The predicted octanol–water partition coefficient (Wildman–Crippen LogP) is 3.07. The number of hydrogen-bond donors (Lipinski definition) is 2. The highest BCUT2D eigenvalue weighted by Crippen LogP contribution is 2.29. The van der Waals surface area contributed by atoms with Crippen LogP contribution in [-0.4, -0.2) is 25.1 Å². The first-order valence-corrected chi connectivity index (χ1v) is 7.63. The predicted molar refractivity (Wildman–Crippen MR) is 98.6 cm³/mol. The number of nitro groups is 1. The van der Waals surface area contributed by atoms with E-state index in [-0.39, 0.29) is 11.3 Å². The first kappa shape index (κ1) is 19.3. The van der Waals surface area contributed by atoms with Crippen molar-refractivity contribution in [1.82, 2.24) is 0 Å². The molecule has 0 aromatic heterocycles. The summed E-state index contributed by atoms with van der Waals surface area (Å²) in [5, 5.41) is 25.2. The zero-order chi connectivity index (χ0) is 19.8. The second-order valence-corrected chi connectivity index (χ2v) is 5.14. The molecule has 2 aromatic carbocycles. The number of carbonyl (C=O) groups is 1. The van der Waals surface area contributed by atoms with Crippen LogP contribution in [0.1, 0.15) is 0 Å². The molecule has 0 aliphatic carbocycles. The molecule has 1 amide bonds. The van der Waals surface area contributed by atoms with Crippen LogP contribution in [0.2, 0.25) is 0 Å². The van der Waals surface area contributed by atoms with Gasteiger partial charge in [0.15, 0.2) is 0 Å². The smallest absolute Gasteiger partial charge is 0.269 e. The number of amides is 1. The van der Waals surface area contributed by atoms with E-state index in [1.54, 1.807) is 24.3 Å². The summed E-state index contributed by atoms with van der Waals surface area (Å²) in [6.45, 7) is 0. The van der Waals surface area contributed by atoms with E-state index in [0.717, 1.165) is 0 Å². The van der Waals surface area contributed by atoms with Gasteiger partial charge in [-0.2, -0.15) is 5.26 Å². The van der Waals surface area contributed by atoms with Gasteiger partial charge in [0.2, 0.25) is 0 Å². The van der Waals surface area contributed by atoms with Crippen LogP contribution in [0, 0.1) is 21.4 Å². The summed E-state index contributed by atoms with van der Waals surface area (Å²) in [6.07, 6.45) is 1.23. The minimum Gasteiger partial charge on any atom is -0.497 e. The number of carbonyl (C=O) groups excluding carboxylic acids is 1. The molecule has 27 heavy (non-hydrogen) atoms. The SMILES string of the molecule is COc1ccc(OC)c(N/C=C(/C#N)C(=O)Nc2ccc([N+](=O)[O-])cc2)c1. The Balaban J connectivity index is 2.15. The lowest BCUT2D eigenvalue weighted by atomic mass is 10.2. The minimum atomic E-state index is -0.666. The summed E-state index contributed by atoms with van der Waals surface area (Å²) < 4.78 is 10.3. The maximum Gasteiger partial charge on any atom is 0.269 e. The Hall–Kier alpha value is -4.06. The number of ether oxygens (including phenoxy) is 2. The maximum absolute atomic E-state index is 12.2. The van der Waals surface area contributed by atoms with Crippen LogP contribution in [0.25, 0.3) is 0 Å². The van der Waals surface area contributed by atoms with Crippen LogP contribution in [-0.2, 0) is 4.79 Å². The fraction of sp³-hybridized carbons (Fsp3) is 0.111. The first-order chi connectivity index (χ1) is 13.0. The number of benzene rings is 2. The van der Waals surface area contributed by atoms with Gasteiger partial charge in [-0.25, -0.2) is 0 Å². The maximum atomic E-state index is 12.2. The van der Waals surface area contributed by atoms with E-state index in [1.807, 2.05) is 0 Å². The lowest BCUT2D eigenvalue weighted by molar-refractivity contribution is -0.384. The quantitative estimate of drug-likeness (QED) is 0.333. The van der Waals surface area contributed by atoms with E-state index < -0.39 is 10.8 Å². The van der Waals surface area contributed by atoms with Crippen molar-refractivity contribution in [3.05, 3.63) is 64.4 Å². The van der Waals surface area contributed by atoms with Gasteiger partial charge in [0, 0.05) is 30.1 Å². The van der Waals surface area contributed by atoms with Crippen LogP contribution in [0.5, 0.6) is 11.5 Å². The molecule has 9 nitrogen and oxygen atoms in total. The summed E-state index contributed by atoms with van der Waals surface area (Å²) in [5.74, 6) is 0.404. The molecule has 0 unspecified atom stereocenters. The van der Waals surface area contributed by atoms with Crippen molar-refractivity contribution < 1.29 is 19.2 Å². The van der Waals surface area contributed by atoms with Crippen molar-refractivity contribution in [1.29, 1.82) is 5.26 Å². The van der Waals surface area contributed by atoms with Gasteiger partial charge in [0.25, 0.3) is 11.6 Å². The summed E-state index contributed by atoms with van der Waals surface area (Å²) in [6, 6.07) is 12.1. The molecule has 0 saturated heterocycles. The third-order valence-electron chi connectivity index (χ3n) is 3.48. The van der Waals surface area contributed by atoms with Crippen molar-refractivity contribution in [3.8, 4) is 17.6 Å². The monoisotopic (exact) mass is 368 g/mol.